The molecule has 1 aliphatic rings. The first-order valence-electron chi connectivity index (χ1n) is 7.76. The minimum atomic E-state index is -4.31. The summed E-state index contributed by atoms with van der Waals surface area (Å²) in [7, 11) is 3.79. The van der Waals surface area contributed by atoms with E-state index in [9.17, 15) is 13.2 Å². The molecule has 0 aliphatic carbocycles. The maximum absolute atomic E-state index is 12.9. The molecule has 0 bridgehead atoms. The quantitative estimate of drug-likeness (QED) is 0.858. The van der Waals surface area contributed by atoms with E-state index in [4.69, 9.17) is 0 Å². The maximum Gasteiger partial charge on any atom is 0.416 e. The molecular weight excluding hydrogens is 317 g/mol. The van der Waals surface area contributed by atoms with E-state index in [0.29, 0.717) is 6.54 Å². The van der Waals surface area contributed by atoms with Gasteiger partial charge in [0.1, 0.15) is 0 Å². The van der Waals surface area contributed by atoms with Crippen molar-refractivity contribution in [1.82, 2.24) is 9.97 Å². The molecule has 3 rings (SSSR count). The Bertz CT molecular complexity index is 715. The van der Waals surface area contributed by atoms with Crippen LogP contribution in [0.3, 0.4) is 0 Å². The lowest BCUT2D eigenvalue weighted by molar-refractivity contribution is -0.137. The van der Waals surface area contributed by atoms with Crippen molar-refractivity contribution in [3.05, 3.63) is 47.8 Å². The van der Waals surface area contributed by atoms with Gasteiger partial charge < -0.3 is 9.80 Å². The number of alkyl halides is 3. The minimum absolute atomic E-state index is 0.0596. The van der Waals surface area contributed by atoms with Crippen LogP contribution in [0.1, 0.15) is 23.5 Å². The van der Waals surface area contributed by atoms with Crippen molar-refractivity contribution in [3.63, 3.8) is 0 Å². The van der Waals surface area contributed by atoms with Gasteiger partial charge >= 0.3 is 6.18 Å². The third-order valence-corrected chi connectivity index (χ3v) is 4.26. The first kappa shape index (κ1) is 16.5. The number of anilines is 2. The number of hydrogen-bond acceptors (Lipinski definition) is 4. The molecule has 24 heavy (non-hydrogen) atoms. The van der Waals surface area contributed by atoms with Gasteiger partial charge in [-0.25, -0.2) is 9.97 Å². The van der Waals surface area contributed by atoms with Gasteiger partial charge in [0.15, 0.2) is 11.6 Å². The largest absolute Gasteiger partial charge is 0.416 e. The SMILES string of the molecule is CN(C)c1nccnc1N1CCC(c2cccc(C(F)(F)F)c2)C1. The van der Waals surface area contributed by atoms with Gasteiger partial charge in [0.25, 0.3) is 0 Å². The van der Waals surface area contributed by atoms with Crippen molar-refractivity contribution >= 4 is 11.6 Å². The highest BCUT2D eigenvalue weighted by Crippen LogP contribution is 2.36. The Morgan fingerprint density at radius 2 is 1.92 bits per heavy atom. The first-order valence-corrected chi connectivity index (χ1v) is 7.76. The lowest BCUT2D eigenvalue weighted by atomic mass is 9.96. The Morgan fingerprint density at radius 3 is 2.62 bits per heavy atom. The smallest absolute Gasteiger partial charge is 0.360 e. The summed E-state index contributed by atoms with van der Waals surface area (Å²) in [5.41, 5.74) is 0.134. The number of aromatic nitrogens is 2. The summed E-state index contributed by atoms with van der Waals surface area (Å²) in [6, 6.07) is 5.63. The summed E-state index contributed by atoms with van der Waals surface area (Å²) in [4.78, 5) is 12.7. The summed E-state index contributed by atoms with van der Waals surface area (Å²) in [5, 5.41) is 0. The Kier molecular flexibility index (Phi) is 4.34. The Balaban J connectivity index is 1.82. The normalized spacial score (nSPS) is 18.0. The van der Waals surface area contributed by atoms with Crippen LogP contribution in [0.25, 0.3) is 0 Å². The van der Waals surface area contributed by atoms with Crippen LogP contribution >= 0.6 is 0 Å². The molecule has 128 valence electrons. The summed E-state index contributed by atoms with van der Waals surface area (Å²) in [6.07, 6.45) is -0.235. The van der Waals surface area contributed by atoms with Gasteiger partial charge in [0.2, 0.25) is 0 Å². The molecule has 2 heterocycles. The second-order valence-corrected chi connectivity index (χ2v) is 6.15. The molecule has 1 saturated heterocycles. The topological polar surface area (TPSA) is 32.3 Å². The fourth-order valence-electron chi connectivity index (χ4n) is 3.06. The van der Waals surface area contributed by atoms with Crippen molar-refractivity contribution in [2.45, 2.75) is 18.5 Å². The molecular formula is C17H19F3N4. The lowest BCUT2D eigenvalue weighted by Crippen LogP contribution is -2.24. The molecule has 0 spiro atoms. The van der Waals surface area contributed by atoms with E-state index < -0.39 is 11.7 Å². The van der Waals surface area contributed by atoms with Gasteiger partial charge in [-0.1, -0.05) is 18.2 Å². The van der Waals surface area contributed by atoms with E-state index in [-0.39, 0.29) is 5.92 Å². The van der Waals surface area contributed by atoms with Gasteiger partial charge in [0.05, 0.1) is 5.56 Å². The minimum Gasteiger partial charge on any atom is -0.360 e. The fraction of sp³-hybridized carbons (Fsp3) is 0.412. The van der Waals surface area contributed by atoms with Crippen LogP contribution in [0.5, 0.6) is 0 Å². The maximum atomic E-state index is 12.9. The molecule has 1 aromatic heterocycles. The van der Waals surface area contributed by atoms with Crippen molar-refractivity contribution in [2.75, 3.05) is 37.0 Å². The molecule has 4 nitrogen and oxygen atoms in total. The summed E-state index contributed by atoms with van der Waals surface area (Å²) in [6.45, 7) is 1.39. The molecule has 1 atom stereocenters. The zero-order valence-electron chi connectivity index (χ0n) is 13.6. The van der Waals surface area contributed by atoms with E-state index in [0.717, 1.165) is 36.2 Å². The molecule has 0 N–H and O–H groups in total. The van der Waals surface area contributed by atoms with Crippen molar-refractivity contribution in [1.29, 1.82) is 0 Å². The van der Waals surface area contributed by atoms with E-state index in [1.54, 1.807) is 18.5 Å². The average Bonchev–Trinajstić information content (AvgIpc) is 3.04. The monoisotopic (exact) mass is 336 g/mol. The average molecular weight is 336 g/mol. The summed E-state index contributed by atoms with van der Waals surface area (Å²) >= 11 is 0. The number of benzene rings is 1. The molecule has 2 aromatic rings. The van der Waals surface area contributed by atoms with Crippen molar-refractivity contribution in [2.24, 2.45) is 0 Å². The standard InChI is InChI=1S/C17H19F3N4/c1-23(2)15-16(22-8-7-21-15)24-9-6-13(11-24)12-4-3-5-14(10-12)17(18,19)20/h3-5,7-8,10,13H,6,9,11H2,1-2H3. The second-order valence-electron chi connectivity index (χ2n) is 6.15. The molecule has 1 fully saturated rings. The van der Waals surface area contributed by atoms with Crippen LogP contribution in [-0.4, -0.2) is 37.2 Å². The molecule has 1 aromatic carbocycles. The van der Waals surface area contributed by atoms with Crippen LogP contribution in [0, 0.1) is 0 Å². The van der Waals surface area contributed by atoms with Gasteiger partial charge in [-0.2, -0.15) is 13.2 Å². The van der Waals surface area contributed by atoms with Crippen LogP contribution in [0.4, 0.5) is 24.8 Å². The Morgan fingerprint density at radius 1 is 1.17 bits per heavy atom. The highest BCUT2D eigenvalue weighted by molar-refractivity contribution is 5.62. The molecule has 1 unspecified atom stereocenters. The molecule has 0 amide bonds. The van der Waals surface area contributed by atoms with Crippen LogP contribution < -0.4 is 9.80 Å². The van der Waals surface area contributed by atoms with Crippen molar-refractivity contribution < 1.29 is 13.2 Å². The zero-order chi connectivity index (χ0) is 17.3. The zero-order valence-corrected chi connectivity index (χ0v) is 13.6. The van der Waals surface area contributed by atoms with E-state index in [1.807, 2.05) is 19.0 Å². The number of rotatable bonds is 3. The molecule has 7 heteroatoms. The van der Waals surface area contributed by atoms with Gasteiger partial charge in [-0.05, 0) is 18.1 Å². The lowest BCUT2D eigenvalue weighted by Gasteiger charge is -2.23. The molecule has 0 radical (unpaired) electrons. The number of hydrogen-bond donors (Lipinski definition) is 0. The molecule has 0 saturated carbocycles. The highest BCUT2D eigenvalue weighted by atomic mass is 19.4. The summed E-state index contributed by atoms with van der Waals surface area (Å²) in [5.74, 6) is 1.60. The fourth-order valence-corrected chi connectivity index (χ4v) is 3.06. The van der Waals surface area contributed by atoms with Gasteiger partial charge in [-0.3, -0.25) is 0 Å². The van der Waals surface area contributed by atoms with Crippen LogP contribution in [0.15, 0.2) is 36.7 Å². The van der Waals surface area contributed by atoms with Gasteiger partial charge in [0, 0.05) is 45.5 Å². The third kappa shape index (κ3) is 3.29. The van der Waals surface area contributed by atoms with E-state index in [2.05, 4.69) is 14.9 Å². The number of halogens is 3. The van der Waals surface area contributed by atoms with Crippen molar-refractivity contribution in [3.8, 4) is 0 Å². The van der Waals surface area contributed by atoms with Gasteiger partial charge in [-0.15, -0.1) is 0 Å². The number of nitrogens with zero attached hydrogens (tertiary/aromatic N) is 4. The van der Waals surface area contributed by atoms with Crippen LogP contribution in [-0.2, 0) is 6.18 Å². The molecule has 1 aliphatic heterocycles. The predicted molar refractivity (Wildman–Crippen MR) is 87.4 cm³/mol. The van der Waals surface area contributed by atoms with E-state index in [1.165, 1.54) is 12.1 Å². The predicted octanol–water partition coefficient (Wildman–Crippen LogP) is 3.56. The second kappa shape index (κ2) is 6.30. The Labute approximate surface area is 138 Å². The third-order valence-electron chi connectivity index (χ3n) is 4.26. The van der Waals surface area contributed by atoms with Crippen LogP contribution in [0.2, 0.25) is 0 Å². The Hall–Kier alpha value is -2.31. The summed E-state index contributed by atoms with van der Waals surface area (Å²) < 4.78 is 38.7. The highest BCUT2D eigenvalue weighted by Gasteiger charge is 2.32. The van der Waals surface area contributed by atoms with E-state index >= 15 is 0 Å². The first-order chi connectivity index (χ1) is 11.4.